The Bertz CT molecular complexity index is 286. The molecule has 0 amide bonds. The van der Waals surface area contributed by atoms with Gasteiger partial charge in [-0.05, 0) is 6.42 Å². The molecule has 1 aromatic heterocycles. The highest BCUT2D eigenvalue weighted by Crippen LogP contribution is 2.19. The van der Waals surface area contributed by atoms with Gasteiger partial charge in [0.15, 0.2) is 0 Å². The molecule has 5 heteroatoms. The van der Waals surface area contributed by atoms with Gasteiger partial charge in [-0.15, -0.1) is 0 Å². The molecule has 0 aromatic carbocycles. The molecule has 1 aromatic rings. The molecule has 2 heterocycles. The topological polar surface area (TPSA) is 55.1 Å². The SMILES string of the molecule is O=C1SCCC1NCc1ccno1. The first-order valence-corrected chi connectivity index (χ1v) is 5.14. The van der Waals surface area contributed by atoms with E-state index in [2.05, 4.69) is 10.5 Å². The standard InChI is InChI=1S/C8H10N2O2S/c11-8-7(2-4-13-8)9-5-6-1-3-10-12-6/h1,3,7,9H,2,4-5H2. The summed E-state index contributed by atoms with van der Waals surface area (Å²) in [4.78, 5) is 11.2. The summed E-state index contributed by atoms with van der Waals surface area (Å²) >= 11 is 1.39. The van der Waals surface area contributed by atoms with E-state index in [1.165, 1.54) is 11.8 Å². The maximum absolute atomic E-state index is 11.2. The van der Waals surface area contributed by atoms with Gasteiger partial charge in [-0.2, -0.15) is 0 Å². The number of hydrogen-bond acceptors (Lipinski definition) is 5. The Hall–Kier alpha value is -0.810. The molecule has 1 unspecified atom stereocenters. The Labute approximate surface area is 80.1 Å². The fourth-order valence-corrected chi connectivity index (χ4v) is 2.20. The number of thioether (sulfide) groups is 1. The van der Waals surface area contributed by atoms with Gasteiger partial charge in [-0.1, -0.05) is 16.9 Å². The van der Waals surface area contributed by atoms with Crippen molar-refractivity contribution in [2.24, 2.45) is 0 Å². The Morgan fingerprint density at radius 2 is 2.69 bits per heavy atom. The van der Waals surface area contributed by atoms with Crippen molar-refractivity contribution in [3.05, 3.63) is 18.0 Å². The minimum absolute atomic E-state index is 0.00454. The van der Waals surface area contributed by atoms with Crippen molar-refractivity contribution < 1.29 is 9.32 Å². The first kappa shape index (κ1) is 8.77. The lowest BCUT2D eigenvalue weighted by molar-refractivity contribution is -0.112. The molecule has 13 heavy (non-hydrogen) atoms. The average Bonchev–Trinajstić information content (AvgIpc) is 2.72. The van der Waals surface area contributed by atoms with E-state index >= 15 is 0 Å². The number of carbonyl (C=O) groups is 1. The summed E-state index contributed by atoms with van der Waals surface area (Å²) in [5.41, 5.74) is 0. The molecule has 1 atom stereocenters. The van der Waals surface area contributed by atoms with Crippen molar-refractivity contribution in [1.29, 1.82) is 0 Å². The van der Waals surface area contributed by atoms with E-state index in [1.807, 2.05) is 0 Å². The molecule has 0 spiro atoms. The first-order chi connectivity index (χ1) is 6.36. The normalized spacial score (nSPS) is 22.5. The lowest BCUT2D eigenvalue weighted by Crippen LogP contribution is -2.31. The summed E-state index contributed by atoms with van der Waals surface area (Å²) in [6, 6.07) is 1.79. The Morgan fingerprint density at radius 1 is 1.77 bits per heavy atom. The predicted molar refractivity (Wildman–Crippen MR) is 49.2 cm³/mol. The Kier molecular flexibility index (Phi) is 2.65. The second-order valence-electron chi connectivity index (χ2n) is 2.87. The van der Waals surface area contributed by atoms with Crippen LogP contribution in [-0.2, 0) is 11.3 Å². The first-order valence-electron chi connectivity index (χ1n) is 4.16. The van der Waals surface area contributed by atoms with Crippen LogP contribution in [0.2, 0.25) is 0 Å². The molecule has 1 saturated heterocycles. The zero-order valence-corrected chi connectivity index (χ0v) is 7.84. The van der Waals surface area contributed by atoms with E-state index in [4.69, 9.17) is 4.52 Å². The van der Waals surface area contributed by atoms with Crippen LogP contribution in [0.1, 0.15) is 12.2 Å². The van der Waals surface area contributed by atoms with E-state index < -0.39 is 0 Å². The second kappa shape index (κ2) is 3.93. The lowest BCUT2D eigenvalue weighted by Gasteiger charge is -2.06. The van der Waals surface area contributed by atoms with Crippen LogP contribution in [0.4, 0.5) is 0 Å². The van der Waals surface area contributed by atoms with Crippen LogP contribution in [0, 0.1) is 0 Å². The summed E-state index contributed by atoms with van der Waals surface area (Å²) in [5.74, 6) is 1.69. The van der Waals surface area contributed by atoms with Gasteiger partial charge >= 0.3 is 0 Å². The van der Waals surface area contributed by atoms with Gasteiger partial charge in [0.2, 0.25) is 5.12 Å². The smallest absolute Gasteiger partial charge is 0.205 e. The molecule has 0 radical (unpaired) electrons. The molecule has 1 N–H and O–H groups in total. The molecule has 1 aliphatic heterocycles. The van der Waals surface area contributed by atoms with Gasteiger partial charge in [0.25, 0.3) is 0 Å². The van der Waals surface area contributed by atoms with E-state index in [0.717, 1.165) is 17.9 Å². The zero-order valence-electron chi connectivity index (χ0n) is 7.03. The number of nitrogens with zero attached hydrogens (tertiary/aromatic N) is 1. The third-order valence-electron chi connectivity index (χ3n) is 1.95. The largest absolute Gasteiger partial charge is 0.360 e. The van der Waals surface area contributed by atoms with Gasteiger partial charge < -0.3 is 4.52 Å². The summed E-state index contributed by atoms with van der Waals surface area (Å²) in [5, 5.41) is 6.95. The van der Waals surface area contributed by atoms with Crippen molar-refractivity contribution >= 4 is 16.9 Å². The molecule has 1 aliphatic rings. The van der Waals surface area contributed by atoms with Crippen LogP contribution in [0.15, 0.2) is 16.8 Å². The van der Waals surface area contributed by atoms with Gasteiger partial charge in [0, 0.05) is 11.8 Å². The summed E-state index contributed by atoms with van der Waals surface area (Å²) in [6.45, 7) is 0.580. The van der Waals surface area contributed by atoms with Crippen LogP contribution < -0.4 is 5.32 Å². The minimum atomic E-state index is -0.00454. The maximum Gasteiger partial charge on any atom is 0.205 e. The molecule has 70 valence electrons. The van der Waals surface area contributed by atoms with Gasteiger partial charge in [-0.25, -0.2) is 0 Å². The monoisotopic (exact) mass is 198 g/mol. The fourth-order valence-electron chi connectivity index (χ4n) is 1.24. The fraction of sp³-hybridized carbons (Fsp3) is 0.500. The number of aromatic nitrogens is 1. The van der Waals surface area contributed by atoms with E-state index in [9.17, 15) is 4.79 Å². The summed E-state index contributed by atoms with van der Waals surface area (Å²) in [6.07, 6.45) is 2.51. The molecular formula is C8H10N2O2S. The van der Waals surface area contributed by atoms with E-state index in [1.54, 1.807) is 12.3 Å². The van der Waals surface area contributed by atoms with Gasteiger partial charge in [-0.3, -0.25) is 10.1 Å². The van der Waals surface area contributed by atoms with E-state index in [-0.39, 0.29) is 11.2 Å². The minimum Gasteiger partial charge on any atom is -0.360 e. The van der Waals surface area contributed by atoms with E-state index in [0.29, 0.717) is 6.54 Å². The van der Waals surface area contributed by atoms with Crippen LogP contribution in [-0.4, -0.2) is 22.1 Å². The highest BCUT2D eigenvalue weighted by molar-refractivity contribution is 8.14. The molecule has 0 saturated carbocycles. The summed E-state index contributed by atoms with van der Waals surface area (Å²) < 4.78 is 4.90. The molecule has 4 nitrogen and oxygen atoms in total. The van der Waals surface area contributed by atoms with Crippen molar-refractivity contribution in [2.75, 3.05) is 5.75 Å². The second-order valence-corrected chi connectivity index (χ2v) is 3.97. The zero-order chi connectivity index (χ0) is 9.10. The average molecular weight is 198 g/mol. The van der Waals surface area contributed by atoms with Gasteiger partial charge in [0.1, 0.15) is 5.76 Å². The van der Waals surface area contributed by atoms with Crippen LogP contribution >= 0.6 is 11.8 Å². The van der Waals surface area contributed by atoms with Crippen LogP contribution in [0.25, 0.3) is 0 Å². The van der Waals surface area contributed by atoms with Crippen LogP contribution in [0.5, 0.6) is 0 Å². The molecule has 0 bridgehead atoms. The highest BCUT2D eigenvalue weighted by atomic mass is 32.2. The number of carbonyl (C=O) groups excluding carboxylic acids is 1. The lowest BCUT2D eigenvalue weighted by atomic mass is 10.2. The van der Waals surface area contributed by atoms with Gasteiger partial charge in [0.05, 0.1) is 18.8 Å². The Morgan fingerprint density at radius 3 is 3.31 bits per heavy atom. The highest BCUT2D eigenvalue weighted by Gasteiger charge is 2.24. The molecule has 2 rings (SSSR count). The Balaban J connectivity index is 1.82. The quantitative estimate of drug-likeness (QED) is 0.778. The third kappa shape index (κ3) is 2.10. The third-order valence-corrected chi connectivity index (χ3v) is 2.96. The molecule has 0 aliphatic carbocycles. The number of hydrogen-bond donors (Lipinski definition) is 1. The number of nitrogens with one attached hydrogen (secondary N) is 1. The van der Waals surface area contributed by atoms with Crippen molar-refractivity contribution in [3.8, 4) is 0 Å². The van der Waals surface area contributed by atoms with Crippen molar-refractivity contribution in [2.45, 2.75) is 19.0 Å². The maximum atomic E-state index is 11.2. The van der Waals surface area contributed by atoms with Crippen molar-refractivity contribution in [1.82, 2.24) is 10.5 Å². The molecular weight excluding hydrogens is 188 g/mol. The summed E-state index contributed by atoms with van der Waals surface area (Å²) in [7, 11) is 0. The van der Waals surface area contributed by atoms with Crippen molar-refractivity contribution in [3.63, 3.8) is 0 Å². The number of rotatable bonds is 3. The molecule has 1 fully saturated rings. The predicted octanol–water partition coefficient (Wildman–Crippen LogP) is 0.796. The van der Waals surface area contributed by atoms with Crippen LogP contribution in [0.3, 0.4) is 0 Å².